The van der Waals surface area contributed by atoms with Gasteiger partial charge < -0.3 is 10.3 Å². The van der Waals surface area contributed by atoms with Gasteiger partial charge in [0.2, 0.25) is 0 Å². The highest BCUT2D eigenvalue weighted by Gasteiger charge is 2.17. The Kier molecular flexibility index (Phi) is 4.74. The molecule has 0 saturated heterocycles. The Labute approximate surface area is 121 Å². The van der Waals surface area contributed by atoms with Crippen LogP contribution in [0.1, 0.15) is 46.7 Å². The minimum Gasteiger partial charge on any atom is -0.344 e. The topological polar surface area (TPSA) is 62.0 Å². The molecule has 1 atom stereocenters. The van der Waals surface area contributed by atoms with Crippen molar-refractivity contribution >= 4 is 17.2 Å². The smallest absolute Gasteiger partial charge is 0.260 e. The number of rotatable bonds is 5. The van der Waals surface area contributed by atoms with E-state index in [0.29, 0.717) is 0 Å². The fourth-order valence-electron chi connectivity index (χ4n) is 2.05. The number of aryl methyl sites for hydroxylation is 1. The minimum absolute atomic E-state index is 0.0341. The average Bonchev–Trinajstić information content (AvgIpc) is 2.91. The first-order valence-electron chi connectivity index (χ1n) is 6.66. The molecule has 2 aromatic heterocycles. The van der Waals surface area contributed by atoms with Crippen molar-refractivity contribution in [2.75, 3.05) is 0 Å². The molecule has 2 rings (SSSR count). The molecule has 0 aliphatic carbocycles. The van der Waals surface area contributed by atoms with Crippen molar-refractivity contribution in [1.82, 2.24) is 10.3 Å². The number of H-pyrrole nitrogens is 1. The lowest BCUT2D eigenvalue weighted by Crippen LogP contribution is -2.32. The van der Waals surface area contributed by atoms with E-state index >= 15 is 0 Å². The summed E-state index contributed by atoms with van der Waals surface area (Å²) >= 11 is 1.61. The number of hydrogen-bond acceptors (Lipinski definition) is 3. The van der Waals surface area contributed by atoms with Gasteiger partial charge in [-0.15, -0.1) is 11.3 Å². The zero-order valence-corrected chi connectivity index (χ0v) is 12.4. The first-order chi connectivity index (χ1) is 9.61. The van der Waals surface area contributed by atoms with Crippen LogP contribution in [0.4, 0.5) is 0 Å². The highest BCUT2D eigenvalue weighted by molar-refractivity contribution is 7.10. The molecular weight excluding hydrogens is 272 g/mol. The van der Waals surface area contributed by atoms with Gasteiger partial charge in [-0.05, 0) is 36.9 Å². The first kappa shape index (κ1) is 14.5. The number of aromatic nitrogens is 1. The van der Waals surface area contributed by atoms with Gasteiger partial charge in [-0.3, -0.25) is 9.59 Å². The standard InChI is InChI=1S/C15H18N2O2S/c1-3-5-12(13-6-4-9-20-13)17-15(19)11-8-7-10(2)16-14(11)18/h4,6-9,12H,3,5H2,1-2H3,(H,16,18)(H,17,19). The molecule has 0 aliphatic heterocycles. The normalized spacial score (nSPS) is 12.1. The highest BCUT2D eigenvalue weighted by atomic mass is 32.1. The lowest BCUT2D eigenvalue weighted by molar-refractivity contribution is 0.0933. The summed E-state index contributed by atoms with van der Waals surface area (Å²) in [7, 11) is 0. The van der Waals surface area contributed by atoms with E-state index in [-0.39, 0.29) is 23.1 Å². The second kappa shape index (κ2) is 6.52. The van der Waals surface area contributed by atoms with Crippen molar-refractivity contribution in [3.8, 4) is 0 Å². The van der Waals surface area contributed by atoms with Gasteiger partial charge in [0, 0.05) is 10.6 Å². The van der Waals surface area contributed by atoms with E-state index in [9.17, 15) is 9.59 Å². The van der Waals surface area contributed by atoms with Crippen LogP contribution in [0.5, 0.6) is 0 Å². The summed E-state index contributed by atoms with van der Waals surface area (Å²) in [5, 5.41) is 4.94. The summed E-state index contributed by atoms with van der Waals surface area (Å²) in [6.45, 7) is 3.86. The van der Waals surface area contributed by atoms with Crippen LogP contribution in [0, 0.1) is 6.92 Å². The van der Waals surface area contributed by atoms with Gasteiger partial charge in [0.15, 0.2) is 0 Å². The molecule has 2 heterocycles. The van der Waals surface area contributed by atoms with E-state index in [2.05, 4.69) is 17.2 Å². The summed E-state index contributed by atoms with van der Waals surface area (Å²) < 4.78 is 0. The monoisotopic (exact) mass is 290 g/mol. The Bertz CT molecular complexity index is 632. The number of thiophene rings is 1. The Morgan fingerprint density at radius 1 is 1.40 bits per heavy atom. The quantitative estimate of drug-likeness (QED) is 0.889. The van der Waals surface area contributed by atoms with Crippen LogP contribution in [-0.2, 0) is 0 Å². The molecule has 0 spiro atoms. The van der Waals surface area contributed by atoms with Crippen LogP contribution in [-0.4, -0.2) is 10.9 Å². The number of hydrogen-bond donors (Lipinski definition) is 2. The number of aromatic amines is 1. The van der Waals surface area contributed by atoms with Gasteiger partial charge in [0.1, 0.15) is 5.56 Å². The van der Waals surface area contributed by atoms with Crippen LogP contribution in [0.3, 0.4) is 0 Å². The average molecular weight is 290 g/mol. The summed E-state index contributed by atoms with van der Waals surface area (Å²) in [6.07, 6.45) is 1.82. The first-order valence-corrected chi connectivity index (χ1v) is 7.54. The number of carbonyl (C=O) groups is 1. The van der Waals surface area contributed by atoms with Crippen LogP contribution < -0.4 is 10.9 Å². The number of pyridine rings is 1. The van der Waals surface area contributed by atoms with Crippen molar-refractivity contribution in [1.29, 1.82) is 0 Å². The van der Waals surface area contributed by atoms with Crippen molar-refractivity contribution in [3.05, 3.63) is 56.1 Å². The van der Waals surface area contributed by atoms with E-state index in [0.717, 1.165) is 23.4 Å². The summed E-state index contributed by atoms with van der Waals surface area (Å²) in [6, 6.07) is 7.24. The van der Waals surface area contributed by atoms with E-state index < -0.39 is 0 Å². The summed E-state index contributed by atoms with van der Waals surface area (Å²) in [5.74, 6) is -0.321. The number of nitrogens with one attached hydrogen (secondary N) is 2. The number of carbonyl (C=O) groups excluding carboxylic acids is 1. The van der Waals surface area contributed by atoms with Crippen LogP contribution in [0.25, 0.3) is 0 Å². The maximum Gasteiger partial charge on any atom is 0.260 e. The van der Waals surface area contributed by atoms with E-state index in [1.165, 1.54) is 0 Å². The molecule has 2 aromatic rings. The van der Waals surface area contributed by atoms with Crippen molar-refractivity contribution in [2.24, 2.45) is 0 Å². The molecule has 0 radical (unpaired) electrons. The van der Waals surface area contributed by atoms with Crippen LogP contribution in [0.15, 0.2) is 34.4 Å². The fourth-order valence-corrected chi connectivity index (χ4v) is 2.86. The summed E-state index contributed by atoms with van der Waals surface area (Å²) in [5.41, 5.74) is 0.562. The largest absolute Gasteiger partial charge is 0.344 e. The predicted molar refractivity (Wildman–Crippen MR) is 81.2 cm³/mol. The number of amides is 1. The second-order valence-corrected chi connectivity index (χ2v) is 5.69. The Hall–Kier alpha value is -1.88. The second-order valence-electron chi connectivity index (χ2n) is 4.71. The molecule has 0 fully saturated rings. The van der Waals surface area contributed by atoms with Crippen LogP contribution in [0.2, 0.25) is 0 Å². The maximum absolute atomic E-state index is 12.2. The zero-order chi connectivity index (χ0) is 14.5. The lowest BCUT2D eigenvalue weighted by atomic mass is 10.1. The highest BCUT2D eigenvalue weighted by Crippen LogP contribution is 2.23. The van der Waals surface area contributed by atoms with Crippen LogP contribution >= 0.6 is 11.3 Å². The minimum atomic E-state index is -0.344. The van der Waals surface area contributed by atoms with E-state index in [1.54, 1.807) is 30.4 Å². The molecule has 20 heavy (non-hydrogen) atoms. The molecular formula is C15H18N2O2S. The van der Waals surface area contributed by atoms with Gasteiger partial charge in [-0.1, -0.05) is 19.4 Å². The molecule has 5 heteroatoms. The Balaban J connectivity index is 2.18. The van der Waals surface area contributed by atoms with Gasteiger partial charge in [-0.25, -0.2) is 0 Å². The molecule has 0 aliphatic rings. The molecule has 0 saturated carbocycles. The van der Waals surface area contributed by atoms with Crippen molar-refractivity contribution < 1.29 is 4.79 Å². The third kappa shape index (κ3) is 3.36. The Morgan fingerprint density at radius 3 is 2.80 bits per heavy atom. The van der Waals surface area contributed by atoms with Crippen molar-refractivity contribution in [2.45, 2.75) is 32.7 Å². The van der Waals surface area contributed by atoms with E-state index in [4.69, 9.17) is 0 Å². The molecule has 4 nitrogen and oxygen atoms in total. The third-order valence-electron chi connectivity index (χ3n) is 3.07. The van der Waals surface area contributed by atoms with Gasteiger partial charge in [-0.2, -0.15) is 0 Å². The third-order valence-corrected chi connectivity index (χ3v) is 4.06. The maximum atomic E-state index is 12.2. The predicted octanol–water partition coefficient (Wildman–Crippen LogP) is 3.02. The lowest BCUT2D eigenvalue weighted by Gasteiger charge is -2.16. The van der Waals surface area contributed by atoms with E-state index in [1.807, 2.05) is 17.5 Å². The molecule has 1 unspecified atom stereocenters. The molecule has 106 valence electrons. The zero-order valence-electron chi connectivity index (χ0n) is 11.6. The van der Waals surface area contributed by atoms with Gasteiger partial charge in [0.05, 0.1) is 6.04 Å². The molecule has 0 aromatic carbocycles. The van der Waals surface area contributed by atoms with Crippen molar-refractivity contribution in [3.63, 3.8) is 0 Å². The molecule has 2 N–H and O–H groups in total. The van der Waals surface area contributed by atoms with Gasteiger partial charge in [0.25, 0.3) is 11.5 Å². The summed E-state index contributed by atoms with van der Waals surface area (Å²) in [4.78, 5) is 27.8. The fraction of sp³-hybridized carbons (Fsp3) is 0.333. The molecule has 0 bridgehead atoms. The van der Waals surface area contributed by atoms with Gasteiger partial charge >= 0.3 is 0 Å². The Morgan fingerprint density at radius 2 is 2.20 bits per heavy atom. The SMILES string of the molecule is CCCC(NC(=O)c1ccc(C)[nH]c1=O)c1cccs1. The molecule has 1 amide bonds.